The van der Waals surface area contributed by atoms with Crippen LogP contribution in [0.15, 0.2) is 51.7 Å². The summed E-state index contributed by atoms with van der Waals surface area (Å²) in [6.45, 7) is 1.58. The minimum atomic E-state index is -1.27. The lowest BCUT2D eigenvalue weighted by Crippen LogP contribution is -2.48. The van der Waals surface area contributed by atoms with Gasteiger partial charge >= 0.3 is 6.03 Å². The van der Waals surface area contributed by atoms with Crippen LogP contribution in [0.25, 0.3) is 10.2 Å². The van der Waals surface area contributed by atoms with Gasteiger partial charge in [-0.05, 0) is 23.9 Å². The lowest BCUT2D eigenvalue weighted by atomic mass is 9.92. The van der Waals surface area contributed by atoms with Crippen LogP contribution in [-0.2, 0) is 22.2 Å². The first-order chi connectivity index (χ1) is 14.3. The fourth-order valence-electron chi connectivity index (χ4n) is 3.09. The average molecular weight is 444 g/mol. The molecule has 2 aromatic heterocycles. The Morgan fingerprint density at radius 3 is 2.70 bits per heavy atom. The van der Waals surface area contributed by atoms with Crippen LogP contribution in [0.4, 0.5) is 4.79 Å². The summed E-state index contributed by atoms with van der Waals surface area (Å²) < 4.78 is 1.92. The van der Waals surface area contributed by atoms with Gasteiger partial charge in [0.1, 0.15) is 10.2 Å². The Morgan fingerprint density at radius 2 is 1.97 bits per heavy atom. The maximum Gasteiger partial charge on any atom is 0.344 e. The minimum Gasteiger partial charge on any atom is -0.318 e. The number of nitrogens with one attached hydrogen (secondary N) is 2. The molecule has 0 bridgehead atoms. The van der Waals surface area contributed by atoms with Crippen molar-refractivity contribution in [2.24, 2.45) is 7.05 Å². The Morgan fingerprint density at radius 1 is 1.23 bits per heavy atom. The average Bonchev–Trinajstić information content (AvgIpc) is 3.29. The highest BCUT2D eigenvalue weighted by Gasteiger charge is 2.49. The van der Waals surface area contributed by atoms with E-state index in [0.29, 0.717) is 25.9 Å². The predicted molar refractivity (Wildman–Crippen MR) is 113 cm³/mol. The smallest absolute Gasteiger partial charge is 0.318 e. The van der Waals surface area contributed by atoms with Crippen LogP contribution in [0.3, 0.4) is 0 Å². The van der Waals surface area contributed by atoms with Crippen molar-refractivity contribution in [3.05, 3.63) is 57.7 Å². The number of thioether (sulfide) groups is 1. The van der Waals surface area contributed by atoms with Crippen LogP contribution < -0.4 is 16.3 Å². The van der Waals surface area contributed by atoms with Gasteiger partial charge in [-0.3, -0.25) is 24.4 Å². The summed E-state index contributed by atoms with van der Waals surface area (Å²) in [6.07, 6.45) is 0. The number of aromatic nitrogens is 2. The summed E-state index contributed by atoms with van der Waals surface area (Å²) >= 11 is 2.35. The van der Waals surface area contributed by atoms with Crippen LogP contribution in [0.5, 0.6) is 0 Å². The van der Waals surface area contributed by atoms with Gasteiger partial charge in [-0.1, -0.05) is 42.1 Å². The standard InChI is InChI=1S/C19H17N5O4S2/c1-19(11-6-4-3-5-7-11)16(27)24(17(28)21-19)22-13(25)10-30-18-20-12-8-9-29-14(12)15(26)23(18)2/h3-9H,10H2,1-2H3,(H,21,28)(H,22,25). The molecule has 4 rings (SSSR count). The largest absolute Gasteiger partial charge is 0.344 e. The van der Waals surface area contributed by atoms with Gasteiger partial charge in [-0.15, -0.1) is 11.3 Å². The van der Waals surface area contributed by atoms with Crippen molar-refractivity contribution < 1.29 is 14.4 Å². The number of carbonyl (C=O) groups is 3. The van der Waals surface area contributed by atoms with E-state index < -0.39 is 23.4 Å². The molecule has 1 atom stereocenters. The van der Waals surface area contributed by atoms with Crippen LogP contribution >= 0.6 is 23.1 Å². The highest BCUT2D eigenvalue weighted by atomic mass is 32.2. The lowest BCUT2D eigenvalue weighted by Gasteiger charge is -2.22. The molecule has 3 heterocycles. The van der Waals surface area contributed by atoms with E-state index in [1.54, 1.807) is 55.7 Å². The van der Waals surface area contributed by atoms with Crippen LogP contribution in [-0.4, -0.2) is 38.2 Å². The maximum atomic E-state index is 12.8. The second-order valence-electron chi connectivity index (χ2n) is 6.78. The first-order valence-corrected chi connectivity index (χ1v) is 10.8. The monoisotopic (exact) mass is 443 g/mol. The second kappa shape index (κ2) is 7.58. The van der Waals surface area contributed by atoms with Gasteiger partial charge in [0.25, 0.3) is 11.5 Å². The highest BCUT2D eigenvalue weighted by molar-refractivity contribution is 7.99. The Labute approximate surface area is 179 Å². The first-order valence-electron chi connectivity index (χ1n) is 8.90. The number of amides is 4. The molecule has 0 spiro atoms. The topological polar surface area (TPSA) is 113 Å². The van der Waals surface area contributed by atoms with E-state index in [1.807, 2.05) is 0 Å². The van der Waals surface area contributed by atoms with E-state index in [0.717, 1.165) is 11.8 Å². The zero-order chi connectivity index (χ0) is 21.5. The number of thiophene rings is 1. The van der Waals surface area contributed by atoms with Gasteiger partial charge in [0.15, 0.2) is 5.16 Å². The Bertz CT molecular complexity index is 1220. The number of carbonyl (C=O) groups excluding carboxylic acids is 3. The Balaban J connectivity index is 1.46. The van der Waals surface area contributed by atoms with Gasteiger partial charge in [-0.25, -0.2) is 9.78 Å². The number of fused-ring (bicyclic) bond motifs is 1. The Hall–Kier alpha value is -3.18. The molecule has 2 N–H and O–H groups in total. The van der Waals surface area contributed by atoms with Gasteiger partial charge < -0.3 is 5.32 Å². The van der Waals surface area contributed by atoms with E-state index >= 15 is 0 Å². The van der Waals surface area contributed by atoms with E-state index in [1.165, 1.54) is 15.9 Å². The molecule has 1 aromatic carbocycles. The number of rotatable bonds is 5. The lowest BCUT2D eigenvalue weighted by molar-refractivity contribution is -0.138. The molecule has 11 heteroatoms. The fraction of sp³-hybridized carbons (Fsp3) is 0.211. The number of urea groups is 1. The molecular formula is C19H17N5O4S2. The molecule has 1 aliphatic rings. The van der Waals surface area contributed by atoms with Crippen molar-refractivity contribution >= 4 is 51.2 Å². The second-order valence-corrected chi connectivity index (χ2v) is 8.64. The zero-order valence-corrected chi connectivity index (χ0v) is 17.7. The molecule has 1 aliphatic heterocycles. The first kappa shape index (κ1) is 20.1. The number of imide groups is 1. The maximum absolute atomic E-state index is 12.8. The summed E-state index contributed by atoms with van der Waals surface area (Å²) in [4.78, 5) is 54.3. The third-order valence-electron chi connectivity index (χ3n) is 4.76. The molecule has 1 saturated heterocycles. The quantitative estimate of drug-likeness (QED) is 0.352. The normalized spacial score (nSPS) is 18.7. The van der Waals surface area contributed by atoms with E-state index in [4.69, 9.17) is 0 Å². The van der Waals surface area contributed by atoms with Crippen LogP contribution in [0.1, 0.15) is 12.5 Å². The molecule has 4 amide bonds. The van der Waals surface area contributed by atoms with Crippen molar-refractivity contribution in [1.82, 2.24) is 25.3 Å². The summed E-state index contributed by atoms with van der Waals surface area (Å²) in [6, 6.07) is 9.81. The van der Waals surface area contributed by atoms with Crippen LogP contribution in [0, 0.1) is 0 Å². The van der Waals surface area contributed by atoms with Crippen molar-refractivity contribution in [2.75, 3.05) is 5.75 Å². The summed E-state index contributed by atoms with van der Waals surface area (Å²) in [5.74, 6) is -1.28. The van der Waals surface area contributed by atoms with Crippen molar-refractivity contribution in [3.8, 4) is 0 Å². The SMILES string of the molecule is Cn1c(SCC(=O)NN2C(=O)NC(C)(c3ccccc3)C2=O)nc2ccsc2c1=O. The third kappa shape index (κ3) is 3.35. The summed E-state index contributed by atoms with van der Waals surface area (Å²) in [5, 5.41) is 5.45. The molecule has 0 aliphatic carbocycles. The number of benzene rings is 1. The van der Waals surface area contributed by atoms with Gasteiger partial charge in [0, 0.05) is 7.05 Å². The van der Waals surface area contributed by atoms with Gasteiger partial charge in [0.2, 0.25) is 5.91 Å². The number of hydrogen-bond donors (Lipinski definition) is 2. The highest BCUT2D eigenvalue weighted by Crippen LogP contribution is 2.27. The molecule has 1 fully saturated rings. The van der Waals surface area contributed by atoms with Gasteiger partial charge in [0.05, 0.1) is 11.3 Å². The van der Waals surface area contributed by atoms with Crippen molar-refractivity contribution in [1.29, 1.82) is 0 Å². The molecule has 1 unspecified atom stereocenters. The molecule has 0 radical (unpaired) electrons. The number of hydrazine groups is 1. The molecule has 0 saturated carbocycles. The zero-order valence-electron chi connectivity index (χ0n) is 16.0. The van der Waals surface area contributed by atoms with Crippen molar-refractivity contribution in [3.63, 3.8) is 0 Å². The summed E-state index contributed by atoms with van der Waals surface area (Å²) in [7, 11) is 1.58. The predicted octanol–water partition coefficient (Wildman–Crippen LogP) is 1.59. The van der Waals surface area contributed by atoms with E-state index in [2.05, 4.69) is 15.7 Å². The number of hydrogen-bond acceptors (Lipinski definition) is 7. The van der Waals surface area contributed by atoms with Crippen LogP contribution in [0.2, 0.25) is 0 Å². The molecule has 30 heavy (non-hydrogen) atoms. The van der Waals surface area contributed by atoms with E-state index in [-0.39, 0.29) is 11.3 Å². The van der Waals surface area contributed by atoms with Crippen molar-refractivity contribution in [2.45, 2.75) is 17.6 Å². The summed E-state index contributed by atoms with van der Waals surface area (Å²) in [5.41, 5.74) is 2.06. The number of nitrogens with zero attached hydrogens (tertiary/aromatic N) is 3. The minimum absolute atomic E-state index is 0.130. The molecular weight excluding hydrogens is 426 g/mol. The molecule has 9 nitrogen and oxygen atoms in total. The fourth-order valence-corrected chi connectivity index (χ4v) is 4.66. The Kier molecular flexibility index (Phi) is 5.08. The van der Waals surface area contributed by atoms with Gasteiger partial charge in [-0.2, -0.15) is 5.01 Å². The molecule has 154 valence electrons. The molecule has 3 aromatic rings. The van der Waals surface area contributed by atoms with E-state index in [9.17, 15) is 19.2 Å². The third-order valence-corrected chi connectivity index (χ3v) is 6.68.